The van der Waals surface area contributed by atoms with E-state index < -0.39 is 0 Å². The van der Waals surface area contributed by atoms with Gasteiger partial charge in [-0.05, 0) is 45.0 Å². The number of hydrogen-bond donors (Lipinski definition) is 1. The third-order valence-electron chi connectivity index (χ3n) is 3.53. The van der Waals surface area contributed by atoms with Crippen LogP contribution in [0.2, 0.25) is 0 Å². The zero-order valence-corrected chi connectivity index (χ0v) is 11.6. The van der Waals surface area contributed by atoms with Gasteiger partial charge in [0.25, 0.3) is 0 Å². The van der Waals surface area contributed by atoms with Gasteiger partial charge < -0.3 is 9.88 Å². The fourth-order valence-electron chi connectivity index (χ4n) is 1.98. The molecular formula is C15H21N3. The van der Waals surface area contributed by atoms with Gasteiger partial charge in [0.15, 0.2) is 0 Å². The first-order valence-electron chi connectivity index (χ1n) is 6.39. The Labute approximate surface area is 109 Å². The Hall–Kier alpha value is -1.61. The number of aromatic nitrogens is 2. The summed E-state index contributed by atoms with van der Waals surface area (Å²) in [5, 5.41) is 3.32. The second-order valence-corrected chi connectivity index (χ2v) is 5.04. The van der Waals surface area contributed by atoms with Crippen molar-refractivity contribution in [2.24, 2.45) is 0 Å². The molecule has 1 aromatic heterocycles. The maximum atomic E-state index is 4.28. The molecule has 2 rings (SSSR count). The summed E-state index contributed by atoms with van der Waals surface area (Å²) in [6, 6.07) is 8.64. The van der Waals surface area contributed by atoms with Crippen LogP contribution in [-0.4, -0.2) is 16.6 Å². The largest absolute Gasteiger partial charge is 0.310 e. The molecule has 1 N–H and O–H groups in total. The van der Waals surface area contributed by atoms with E-state index in [1.165, 1.54) is 5.56 Å². The first-order valence-corrected chi connectivity index (χ1v) is 6.39. The molecule has 0 spiro atoms. The van der Waals surface area contributed by atoms with Crippen molar-refractivity contribution >= 4 is 0 Å². The molecule has 96 valence electrons. The monoisotopic (exact) mass is 243 g/mol. The van der Waals surface area contributed by atoms with E-state index in [0.29, 0.717) is 0 Å². The summed E-state index contributed by atoms with van der Waals surface area (Å²) in [7, 11) is 1.97. The van der Waals surface area contributed by atoms with Gasteiger partial charge in [0.1, 0.15) is 0 Å². The standard InChI is InChI=1S/C15H21N3/c1-5-12-6-8-13(9-7-12)18-11-17-10-14(18)15(2,3)16-4/h6-11,16H,5H2,1-4H3. The van der Waals surface area contributed by atoms with Gasteiger partial charge in [-0.2, -0.15) is 0 Å². The lowest BCUT2D eigenvalue weighted by molar-refractivity contribution is 0.425. The highest BCUT2D eigenvalue weighted by molar-refractivity contribution is 5.37. The number of hydrogen-bond acceptors (Lipinski definition) is 2. The minimum Gasteiger partial charge on any atom is -0.310 e. The van der Waals surface area contributed by atoms with Gasteiger partial charge in [-0.1, -0.05) is 19.1 Å². The molecule has 0 fully saturated rings. The smallest absolute Gasteiger partial charge is 0.0994 e. The van der Waals surface area contributed by atoms with Crippen LogP contribution in [0.4, 0.5) is 0 Å². The minimum absolute atomic E-state index is 0.0973. The van der Waals surface area contributed by atoms with Crippen LogP contribution in [0.1, 0.15) is 32.0 Å². The number of aryl methyl sites for hydroxylation is 1. The Balaban J connectivity index is 2.42. The molecule has 0 saturated carbocycles. The molecule has 0 saturated heterocycles. The van der Waals surface area contributed by atoms with E-state index in [0.717, 1.165) is 17.8 Å². The average Bonchev–Trinajstić information content (AvgIpc) is 2.89. The predicted octanol–water partition coefficient (Wildman–Crippen LogP) is 2.89. The van der Waals surface area contributed by atoms with E-state index in [1.54, 1.807) is 0 Å². The molecule has 0 bridgehead atoms. The summed E-state index contributed by atoms with van der Waals surface area (Å²) in [6.07, 6.45) is 4.86. The van der Waals surface area contributed by atoms with Crippen molar-refractivity contribution in [2.75, 3.05) is 7.05 Å². The summed E-state index contributed by atoms with van der Waals surface area (Å²) < 4.78 is 2.13. The molecule has 0 amide bonds. The number of nitrogens with one attached hydrogen (secondary N) is 1. The summed E-state index contributed by atoms with van der Waals surface area (Å²) in [4.78, 5) is 4.28. The van der Waals surface area contributed by atoms with E-state index in [2.05, 4.69) is 59.9 Å². The second-order valence-electron chi connectivity index (χ2n) is 5.04. The second kappa shape index (κ2) is 4.94. The molecule has 0 radical (unpaired) electrons. The highest BCUT2D eigenvalue weighted by Gasteiger charge is 2.22. The van der Waals surface area contributed by atoms with E-state index >= 15 is 0 Å². The van der Waals surface area contributed by atoms with E-state index in [9.17, 15) is 0 Å². The van der Waals surface area contributed by atoms with Crippen LogP contribution in [-0.2, 0) is 12.0 Å². The molecule has 0 unspecified atom stereocenters. The molecule has 1 heterocycles. The zero-order chi connectivity index (χ0) is 13.2. The Kier molecular flexibility index (Phi) is 3.53. The third kappa shape index (κ3) is 2.31. The van der Waals surface area contributed by atoms with Crippen LogP contribution in [0.25, 0.3) is 5.69 Å². The number of benzene rings is 1. The highest BCUT2D eigenvalue weighted by atomic mass is 15.1. The normalized spacial score (nSPS) is 11.8. The quantitative estimate of drug-likeness (QED) is 0.895. The van der Waals surface area contributed by atoms with Crippen molar-refractivity contribution in [3.05, 3.63) is 48.0 Å². The van der Waals surface area contributed by atoms with Crippen LogP contribution < -0.4 is 5.32 Å². The molecule has 18 heavy (non-hydrogen) atoms. The maximum Gasteiger partial charge on any atom is 0.0994 e. The number of nitrogens with zero attached hydrogens (tertiary/aromatic N) is 2. The Morgan fingerprint density at radius 2 is 1.89 bits per heavy atom. The molecule has 1 aromatic carbocycles. The van der Waals surface area contributed by atoms with Gasteiger partial charge in [-0.15, -0.1) is 0 Å². The Morgan fingerprint density at radius 1 is 1.22 bits per heavy atom. The summed E-state index contributed by atoms with van der Waals surface area (Å²) in [5.74, 6) is 0. The fraction of sp³-hybridized carbons (Fsp3) is 0.400. The van der Waals surface area contributed by atoms with Gasteiger partial charge in [-0.3, -0.25) is 0 Å². The number of rotatable bonds is 4. The van der Waals surface area contributed by atoms with Crippen molar-refractivity contribution in [1.29, 1.82) is 0 Å². The van der Waals surface area contributed by atoms with Crippen LogP contribution >= 0.6 is 0 Å². The van der Waals surface area contributed by atoms with Crippen molar-refractivity contribution in [1.82, 2.24) is 14.9 Å². The highest BCUT2D eigenvalue weighted by Crippen LogP contribution is 2.22. The predicted molar refractivity (Wildman–Crippen MR) is 75.0 cm³/mol. The van der Waals surface area contributed by atoms with Crippen molar-refractivity contribution < 1.29 is 0 Å². The van der Waals surface area contributed by atoms with Gasteiger partial charge in [0, 0.05) is 5.69 Å². The van der Waals surface area contributed by atoms with E-state index in [4.69, 9.17) is 0 Å². The fourth-order valence-corrected chi connectivity index (χ4v) is 1.98. The molecule has 0 aliphatic heterocycles. The Bertz CT molecular complexity index is 509. The van der Waals surface area contributed by atoms with Gasteiger partial charge in [0.05, 0.1) is 23.8 Å². The van der Waals surface area contributed by atoms with Crippen LogP contribution in [0.3, 0.4) is 0 Å². The first-order chi connectivity index (χ1) is 8.58. The minimum atomic E-state index is -0.0973. The summed E-state index contributed by atoms with van der Waals surface area (Å²) in [5.41, 5.74) is 3.57. The van der Waals surface area contributed by atoms with Crippen LogP contribution in [0, 0.1) is 0 Å². The lowest BCUT2D eigenvalue weighted by atomic mass is 10.0. The number of imidazole rings is 1. The van der Waals surface area contributed by atoms with Crippen molar-refractivity contribution in [3.8, 4) is 5.69 Å². The molecule has 3 nitrogen and oxygen atoms in total. The maximum absolute atomic E-state index is 4.28. The molecule has 0 aliphatic carbocycles. The van der Waals surface area contributed by atoms with E-state index in [-0.39, 0.29) is 5.54 Å². The van der Waals surface area contributed by atoms with Gasteiger partial charge >= 0.3 is 0 Å². The van der Waals surface area contributed by atoms with Crippen LogP contribution in [0.5, 0.6) is 0 Å². The molecule has 3 heteroatoms. The summed E-state index contributed by atoms with van der Waals surface area (Å²) in [6.45, 7) is 6.48. The molecule has 0 atom stereocenters. The average molecular weight is 243 g/mol. The topological polar surface area (TPSA) is 29.9 Å². The van der Waals surface area contributed by atoms with Gasteiger partial charge in [0.2, 0.25) is 0 Å². The Morgan fingerprint density at radius 3 is 2.44 bits per heavy atom. The van der Waals surface area contributed by atoms with Crippen molar-refractivity contribution in [3.63, 3.8) is 0 Å². The molecule has 2 aromatic rings. The van der Waals surface area contributed by atoms with E-state index in [1.807, 2.05) is 19.6 Å². The van der Waals surface area contributed by atoms with Crippen LogP contribution in [0.15, 0.2) is 36.8 Å². The lowest BCUT2D eigenvalue weighted by Gasteiger charge is -2.25. The zero-order valence-electron chi connectivity index (χ0n) is 11.6. The SMILES string of the molecule is CCc1ccc(-n2cncc2C(C)(C)NC)cc1. The molecule has 0 aliphatic rings. The third-order valence-corrected chi connectivity index (χ3v) is 3.53. The lowest BCUT2D eigenvalue weighted by Crippen LogP contribution is -2.35. The summed E-state index contributed by atoms with van der Waals surface area (Å²) >= 11 is 0. The first kappa shape index (κ1) is 12.8. The molecular weight excluding hydrogens is 222 g/mol. The van der Waals surface area contributed by atoms with Crippen molar-refractivity contribution in [2.45, 2.75) is 32.7 Å². The van der Waals surface area contributed by atoms with Gasteiger partial charge in [-0.25, -0.2) is 4.98 Å².